The second-order valence-electron chi connectivity index (χ2n) is 6.82. The van der Waals surface area contributed by atoms with Crippen molar-refractivity contribution < 1.29 is 4.79 Å². The second-order valence-corrected chi connectivity index (χ2v) is 8.63. The summed E-state index contributed by atoms with van der Waals surface area (Å²) < 4.78 is 1.80. The lowest BCUT2D eigenvalue weighted by Crippen LogP contribution is -2.44. The number of hydrazine groups is 1. The largest absolute Gasteiger partial charge is 0.315 e. The minimum Gasteiger partial charge on any atom is -0.315 e. The van der Waals surface area contributed by atoms with Crippen LogP contribution in [0.4, 0.5) is 5.82 Å². The van der Waals surface area contributed by atoms with Crippen molar-refractivity contribution in [3.8, 4) is 0 Å². The molecule has 0 unspecified atom stereocenters. The Morgan fingerprint density at radius 2 is 1.97 bits per heavy atom. The summed E-state index contributed by atoms with van der Waals surface area (Å²) in [6, 6.07) is 9.45. The monoisotopic (exact) mass is 445 g/mol. The summed E-state index contributed by atoms with van der Waals surface area (Å²) in [7, 11) is 0. The van der Waals surface area contributed by atoms with E-state index in [2.05, 4.69) is 21.3 Å². The molecule has 0 fully saturated rings. The van der Waals surface area contributed by atoms with Crippen LogP contribution >= 0.6 is 35.2 Å². The first kappa shape index (κ1) is 19.9. The molecule has 0 spiro atoms. The average molecular weight is 446 g/mol. The number of rotatable bonds is 4. The van der Waals surface area contributed by atoms with E-state index < -0.39 is 0 Å². The van der Waals surface area contributed by atoms with Gasteiger partial charge in [-0.05, 0) is 61.2 Å². The Hall–Kier alpha value is -2.42. The first-order valence-corrected chi connectivity index (χ1v) is 11.0. The molecule has 9 heteroatoms. The highest BCUT2D eigenvalue weighted by atomic mass is 35.5. The summed E-state index contributed by atoms with van der Waals surface area (Å²) in [4.78, 5) is 13.8. The molecule has 0 atom stereocenters. The van der Waals surface area contributed by atoms with Crippen molar-refractivity contribution in [2.75, 3.05) is 5.32 Å². The predicted octanol–water partition coefficient (Wildman–Crippen LogP) is 4.16. The van der Waals surface area contributed by atoms with Crippen LogP contribution < -0.4 is 16.2 Å². The van der Waals surface area contributed by atoms with Crippen molar-refractivity contribution in [1.29, 1.82) is 0 Å². The van der Waals surface area contributed by atoms with Crippen molar-refractivity contribution in [3.63, 3.8) is 0 Å². The van der Waals surface area contributed by atoms with Crippen LogP contribution in [0.2, 0.25) is 5.02 Å². The maximum atomic E-state index is 12.5. The number of benzene rings is 1. The van der Waals surface area contributed by atoms with Crippen LogP contribution in [0.3, 0.4) is 0 Å². The van der Waals surface area contributed by atoms with Gasteiger partial charge in [0.05, 0.1) is 12.1 Å². The second kappa shape index (κ2) is 8.94. The number of thiocarbonyl (C=S) groups is 1. The van der Waals surface area contributed by atoms with Gasteiger partial charge in [0.1, 0.15) is 0 Å². The van der Waals surface area contributed by atoms with Crippen molar-refractivity contribution >= 4 is 52.0 Å². The van der Waals surface area contributed by atoms with E-state index in [0.29, 0.717) is 17.4 Å². The zero-order valence-corrected chi connectivity index (χ0v) is 18.0. The summed E-state index contributed by atoms with van der Waals surface area (Å²) in [5.74, 6) is 0.431. The van der Waals surface area contributed by atoms with Crippen molar-refractivity contribution in [1.82, 2.24) is 20.6 Å². The molecule has 29 heavy (non-hydrogen) atoms. The number of fused-ring (bicyclic) bond motifs is 1. The van der Waals surface area contributed by atoms with Gasteiger partial charge in [0, 0.05) is 27.5 Å². The van der Waals surface area contributed by atoms with Gasteiger partial charge in [-0.15, -0.1) is 11.3 Å². The Morgan fingerprint density at radius 3 is 2.79 bits per heavy atom. The lowest BCUT2D eigenvalue weighted by Gasteiger charge is -2.13. The first-order valence-electron chi connectivity index (χ1n) is 9.33. The molecule has 0 saturated heterocycles. The average Bonchev–Trinajstić information content (AvgIpc) is 3.35. The molecule has 0 aliphatic heterocycles. The fourth-order valence-corrected chi connectivity index (χ4v) is 4.71. The highest BCUT2D eigenvalue weighted by Crippen LogP contribution is 2.30. The third kappa shape index (κ3) is 4.95. The summed E-state index contributed by atoms with van der Waals surface area (Å²) in [5.41, 5.74) is 8.44. The van der Waals surface area contributed by atoms with Crippen molar-refractivity contribution in [3.05, 3.63) is 68.5 Å². The minimum absolute atomic E-state index is 0.165. The van der Waals surface area contributed by atoms with Gasteiger partial charge >= 0.3 is 0 Å². The lowest BCUT2D eigenvalue weighted by molar-refractivity contribution is 0.0943. The molecule has 0 bridgehead atoms. The maximum Gasteiger partial charge on any atom is 0.270 e. The first-order chi connectivity index (χ1) is 14.1. The minimum atomic E-state index is -0.165. The molecule has 1 aliphatic rings. The Morgan fingerprint density at radius 1 is 1.17 bits per heavy atom. The van der Waals surface area contributed by atoms with E-state index in [-0.39, 0.29) is 11.0 Å². The highest BCUT2D eigenvalue weighted by Gasteiger charge is 2.20. The van der Waals surface area contributed by atoms with E-state index in [0.717, 1.165) is 30.4 Å². The van der Waals surface area contributed by atoms with Crippen molar-refractivity contribution in [2.24, 2.45) is 0 Å². The quantitative estimate of drug-likeness (QED) is 0.415. The number of nitrogens with zero attached hydrogens (tertiary/aromatic N) is 2. The zero-order chi connectivity index (χ0) is 20.2. The van der Waals surface area contributed by atoms with Crippen LogP contribution in [0.5, 0.6) is 0 Å². The Balaban J connectivity index is 1.29. The van der Waals surface area contributed by atoms with Crippen molar-refractivity contribution in [2.45, 2.75) is 32.2 Å². The number of carbonyl (C=O) groups is 1. The fourth-order valence-electron chi connectivity index (χ4n) is 3.31. The zero-order valence-electron chi connectivity index (χ0n) is 15.6. The number of anilines is 1. The predicted molar refractivity (Wildman–Crippen MR) is 121 cm³/mol. The Kier molecular flexibility index (Phi) is 6.13. The number of carbonyl (C=O) groups excluding carboxylic acids is 1. The van der Waals surface area contributed by atoms with Gasteiger partial charge in [-0.1, -0.05) is 23.7 Å². The van der Waals surface area contributed by atoms with E-state index >= 15 is 0 Å². The summed E-state index contributed by atoms with van der Waals surface area (Å²) in [6.07, 6.45) is 6.23. The molecule has 3 N–H and O–H groups in total. The number of thiophene rings is 1. The maximum absolute atomic E-state index is 12.5. The molecule has 0 saturated carbocycles. The molecular formula is C20H20ClN5OS2. The number of halogens is 1. The number of aryl methyl sites for hydroxylation is 1. The highest BCUT2D eigenvalue weighted by molar-refractivity contribution is 7.80. The van der Waals surface area contributed by atoms with E-state index in [4.69, 9.17) is 23.8 Å². The summed E-state index contributed by atoms with van der Waals surface area (Å²) in [6.45, 7) is 0.624. The topological polar surface area (TPSA) is 71.0 Å². The molecule has 2 heterocycles. The van der Waals surface area contributed by atoms with Gasteiger partial charge in [-0.25, -0.2) is 0 Å². The van der Waals surface area contributed by atoms with Crippen LogP contribution in [-0.4, -0.2) is 20.8 Å². The molecule has 1 aliphatic carbocycles. The molecule has 1 aromatic carbocycles. The van der Waals surface area contributed by atoms with Gasteiger partial charge in [-0.2, -0.15) is 5.10 Å². The van der Waals surface area contributed by atoms with Gasteiger partial charge in [0.2, 0.25) is 0 Å². The molecular weight excluding hydrogens is 426 g/mol. The van der Waals surface area contributed by atoms with E-state index in [1.807, 2.05) is 41.9 Å². The van der Waals surface area contributed by atoms with Crippen LogP contribution in [0.25, 0.3) is 0 Å². The van der Waals surface area contributed by atoms with Gasteiger partial charge < -0.3 is 5.32 Å². The molecule has 150 valence electrons. The van der Waals surface area contributed by atoms with Crippen LogP contribution in [0, 0.1) is 0 Å². The number of nitrogens with one attached hydrogen (secondary N) is 3. The van der Waals surface area contributed by atoms with Crippen LogP contribution in [-0.2, 0) is 19.4 Å². The smallest absolute Gasteiger partial charge is 0.270 e. The molecule has 2 aromatic heterocycles. The molecule has 1 amide bonds. The Bertz CT molecular complexity index is 1030. The third-order valence-corrected chi connectivity index (χ3v) is 6.28. The molecule has 3 aromatic rings. The molecule has 4 rings (SSSR count). The van der Waals surface area contributed by atoms with E-state index in [1.165, 1.54) is 16.9 Å². The Labute approximate surface area is 183 Å². The summed E-state index contributed by atoms with van der Waals surface area (Å²) in [5, 5.41) is 10.3. The van der Waals surface area contributed by atoms with Gasteiger partial charge in [0.15, 0.2) is 10.9 Å². The number of hydrogen-bond donors (Lipinski definition) is 3. The van der Waals surface area contributed by atoms with E-state index in [9.17, 15) is 4.79 Å². The van der Waals surface area contributed by atoms with Gasteiger partial charge in [0.25, 0.3) is 5.91 Å². The van der Waals surface area contributed by atoms with Crippen LogP contribution in [0.15, 0.2) is 41.9 Å². The fraction of sp³-hybridized carbons (Fsp3) is 0.250. The molecule has 0 radical (unpaired) electrons. The van der Waals surface area contributed by atoms with E-state index in [1.54, 1.807) is 16.0 Å². The normalized spacial score (nSPS) is 12.9. The molecule has 6 nitrogen and oxygen atoms in total. The SMILES string of the molecule is O=C(NNC(=S)Nc1ccn(Cc2ccc(Cl)cc2)n1)c1csc2c1CCCC2. The number of hydrogen-bond acceptors (Lipinski definition) is 4. The number of aromatic nitrogens is 2. The lowest BCUT2D eigenvalue weighted by atomic mass is 9.96. The number of amides is 1. The summed E-state index contributed by atoms with van der Waals surface area (Å²) >= 11 is 12.8. The van der Waals surface area contributed by atoms with Crippen LogP contribution in [0.1, 0.15) is 39.2 Å². The third-order valence-electron chi connectivity index (χ3n) is 4.74. The van der Waals surface area contributed by atoms with Gasteiger partial charge in [-0.3, -0.25) is 20.3 Å². The standard InChI is InChI=1S/C20H20ClN5OS2/c21-14-7-5-13(6-8-14)11-26-10-9-18(25-26)22-20(28)24-23-19(27)16-12-29-17-4-2-1-3-15(16)17/h5-10,12H,1-4,11H2,(H,23,27)(H2,22,24,25,28).